The van der Waals surface area contributed by atoms with Crippen LogP contribution in [0, 0.1) is 0 Å². The van der Waals surface area contributed by atoms with Gasteiger partial charge in [-0.25, -0.2) is 4.79 Å². The van der Waals surface area contributed by atoms with Gasteiger partial charge in [-0.15, -0.1) is 0 Å². The molecule has 100 valence electrons. The number of ether oxygens (including phenoxy) is 1. The van der Waals surface area contributed by atoms with Crippen molar-refractivity contribution in [3.63, 3.8) is 0 Å². The van der Waals surface area contributed by atoms with E-state index in [1.807, 2.05) is 0 Å². The molecule has 0 atom stereocenters. The number of methoxy groups -OCH3 is 1. The Morgan fingerprint density at radius 3 is 2.00 bits per heavy atom. The first kappa shape index (κ1) is 16.4. The first-order valence-corrected chi connectivity index (χ1v) is 7.22. The number of rotatable bonds is 7. The van der Waals surface area contributed by atoms with Gasteiger partial charge in [0.05, 0.1) is 25.5 Å². The van der Waals surface area contributed by atoms with Gasteiger partial charge in [-0.3, -0.25) is 4.57 Å². The number of hydrogen-bond donors (Lipinski definition) is 0. The van der Waals surface area contributed by atoms with E-state index in [1.54, 1.807) is 27.7 Å². The lowest BCUT2D eigenvalue weighted by Gasteiger charge is -2.21. The average molecular weight is 264 g/mol. The standard InChI is InChI=1S/C11H21O5P/c1-9(2)15-17(13,16-10(3)4)8-6-7-11(12)14-5/h6-7,9-10H,8H2,1-5H3/b7-6+. The number of allylic oxidation sites excluding steroid dienone is 1. The summed E-state index contributed by atoms with van der Waals surface area (Å²) in [4.78, 5) is 10.9. The Morgan fingerprint density at radius 2 is 1.65 bits per heavy atom. The van der Waals surface area contributed by atoms with Crippen molar-refractivity contribution in [2.75, 3.05) is 13.3 Å². The van der Waals surface area contributed by atoms with Gasteiger partial charge in [0.15, 0.2) is 0 Å². The number of carbonyl (C=O) groups excluding carboxylic acids is 1. The second kappa shape index (κ2) is 7.64. The van der Waals surface area contributed by atoms with Gasteiger partial charge in [-0.05, 0) is 27.7 Å². The van der Waals surface area contributed by atoms with E-state index in [0.717, 1.165) is 0 Å². The van der Waals surface area contributed by atoms with Crippen LogP contribution in [0.4, 0.5) is 0 Å². The zero-order valence-corrected chi connectivity index (χ0v) is 11.9. The van der Waals surface area contributed by atoms with Crippen LogP contribution in [0.2, 0.25) is 0 Å². The fourth-order valence-corrected chi connectivity index (χ4v) is 2.97. The molecule has 0 saturated heterocycles. The Morgan fingerprint density at radius 1 is 1.18 bits per heavy atom. The van der Waals surface area contributed by atoms with Crippen LogP contribution in [0.5, 0.6) is 0 Å². The van der Waals surface area contributed by atoms with Crippen molar-refractivity contribution < 1.29 is 23.1 Å². The lowest BCUT2D eigenvalue weighted by Crippen LogP contribution is -2.09. The van der Waals surface area contributed by atoms with Crippen LogP contribution < -0.4 is 0 Å². The van der Waals surface area contributed by atoms with E-state index in [1.165, 1.54) is 19.3 Å². The highest BCUT2D eigenvalue weighted by molar-refractivity contribution is 7.54. The molecule has 0 aliphatic rings. The second-order valence-corrected chi connectivity index (χ2v) is 6.04. The maximum absolute atomic E-state index is 12.3. The largest absolute Gasteiger partial charge is 0.466 e. The van der Waals surface area contributed by atoms with Crippen LogP contribution >= 0.6 is 7.60 Å². The summed E-state index contributed by atoms with van der Waals surface area (Å²) in [6, 6.07) is 0. The Hall–Kier alpha value is -0.640. The smallest absolute Gasteiger partial charge is 0.334 e. The molecule has 0 saturated carbocycles. The van der Waals surface area contributed by atoms with Crippen molar-refractivity contribution in [1.82, 2.24) is 0 Å². The third-order valence-electron chi connectivity index (χ3n) is 1.53. The van der Waals surface area contributed by atoms with Crippen LogP contribution in [-0.4, -0.2) is 31.4 Å². The van der Waals surface area contributed by atoms with E-state index < -0.39 is 13.6 Å². The van der Waals surface area contributed by atoms with Crippen molar-refractivity contribution in [1.29, 1.82) is 0 Å². The minimum absolute atomic E-state index is 0.0540. The molecule has 17 heavy (non-hydrogen) atoms. The molecule has 0 heterocycles. The van der Waals surface area contributed by atoms with E-state index in [2.05, 4.69) is 4.74 Å². The molecule has 0 aromatic heterocycles. The van der Waals surface area contributed by atoms with Crippen LogP contribution in [0.3, 0.4) is 0 Å². The van der Waals surface area contributed by atoms with Crippen LogP contribution in [0.15, 0.2) is 12.2 Å². The van der Waals surface area contributed by atoms with Gasteiger partial charge in [0.25, 0.3) is 0 Å². The molecule has 0 aromatic carbocycles. The third-order valence-corrected chi connectivity index (χ3v) is 3.67. The lowest BCUT2D eigenvalue weighted by atomic mass is 10.5. The summed E-state index contributed by atoms with van der Waals surface area (Å²) >= 11 is 0. The highest BCUT2D eigenvalue weighted by Gasteiger charge is 2.26. The van der Waals surface area contributed by atoms with E-state index in [4.69, 9.17) is 9.05 Å². The van der Waals surface area contributed by atoms with Crippen LogP contribution in [0.1, 0.15) is 27.7 Å². The fourth-order valence-electron chi connectivity index (χ4n) is 1.10. The zero-order chi connectivity index (χ0) is 13.5. The van der Waals surface area contributed by atoms with Gasteiger partial charge in [0.2, 0.25) is 0 Å². The van der Waals surface area contributed by atoms with Gasteiger partial charge in [0, 0.05) is 6.08 Å². The third kappa shape index (κ3) is 8.13. The van der Waals surface area contributed by atoms with Gasteiger partial charge < -0.3 is 13.8 Å². The van der Waals surface area contributed by atoms with Crippen molar-refractivity contribution in [2.24, 2.45) is 0 Å². The Balaban J connectivity index is 4.54. The average Bonchev–Trinajstić information content (AvgIpc) is 2.14. The molecule has 0 N–H and O–H groups in total. The maximum atomic E-state index is 12.3. The SMILES string of the molecule is COC(=O)/C=C/CP(=O)(OC(C)C)OC(C)C. The summed E-state index contributed by atoms with van der Waals surface area (Å²) in [6.07, 6.45) is 2.30. The summed E-state index contributed by atoms with van der Waals surface area (Å²) in [7, 11) is -1.91. The van der Waals surface area contributed by atoms with Gasteiger partial charge in [0.1, 0.15) is 0 Å². The van der Waals surface area contributed by atoms with Crippen molar-refractivity contribution in [3.8, 4) is 0 Å². The predicted molar refractivity (Wildman–Crippen MR) is 66.1 cm³/mol. The number of hydrogen-bond acceptors (Lipinski definition) is 5. The molecule has 0 unspecified atom stereocenters. The van der Waals surface area contributed by atoms with Crippen molar-refractivity contribution in [2.45, 2.75) is 39.9 Å². The fraction of sp³-hybridized carbons (Fsp3) is 0.727. The Kier molecular flexibility index (Phi) is 7.35. The van der Waals surface area contributed by atoms with Gasteiger partial charge in [-0.2, -0.15) is 0 Å². The molecule has 5 nitrogen and oxygen atoms in total. The minimum Gasteiger partial charge on any atom is -0.466 e. The summed E-state index contributed by atoms with van der Waals surface area (Å²) in [6.45, 7) is 7.11. The van der Waals surface area contributed by atoms with E-state index >= 15 is 0 Å². The molecule has 0 aliphatic heterocycles. The second-order valence-electron chi connectivity index (χ2n) is 4.03. The quantitative estimate of drug-likeness (QED) is 0.402. The van der Waals surface area contributed by atoms with E-state index in [-0.39, 0.29) is 18.4 Å². The van der Waals surface area contributed by atoms with Gasteiger partial charge in [-0.1, -0.05) is 6.08 Å². The number of esters is 1. The van der Waals surface area contributed by atoms with E-state index in [9.17, 15) is 9.36 Å². The minimum atomic E-state index is -3.19. The van der Waals surface area contributed by atoms with Gasteiger partial charge >= 0.3 is 13.6 Å². The van der Waals surface area contributed by atoms with Crippen molar-refractivity contribution >= 4 is 13.6 Å². The Labute approximate surface area is 103 Å². The zero-order valence-electron chi connectivity index (χ0n) is 11.0. The first-order chi connectivity index (χ1) is 7.79. The molecule has 0 aromatic rings. The summed E-state index contributed by atoms with van der Waals surface area (Å²) in [5, 5.41) is 0. The predicted octanol–water partition coefficient (Wildman–Crippen LogP) is 2.76. The normalized spacial score (nSPS) is 12.6. The monoisotopic (exact) mass is 264 g/mol. The highest BCUT2D eigenvalue weighted by Crippen LogP contribution is 2.50. The molecule has 6 heteroatoms. The first-order valence-electron chi connectivity index (χ1n) is 5.49. The molecule has 0 radical (unpaired) electrons. The number of carbonyl (C=O) groups is 1. The maximum Gasteiger partial charge on any atom is 0.334 e. The molecule has 0 rings (SSSR count). The van der Waals surface area contributed by atoms with Crippen molar-refractivity contribution in [3.05, 3.63) is 12.2 Å². The molecule has 0 amide bonds. The topological polar surface area (TPSA) is 61.8 Å². The molecular weight excluding hydrogens is 243 g/mol. The summed E-state index contributed by atoms with van der Waals surface area (Å²) in [5.74, 6) is -0.495. The molecule has 0 bridgehead atoms. The summed E-state index contributed by atoms with van der Waals surface area (Å²) < 4.78 is 27.3. The van der Waals surface area contributed by atoms with E-state index in [0.29, 0.717) is 0 Å². The van der Waals surface area contributed by atoms with Crippen LogP contribution in [-0.2, 0) is 23.1 Å². The summed E-state index contributed by atoms with van der Waals surface area (Å²) in [5.41, 5.74) is 0. The molecule has 0 aliphatic carbocycles. The molecule has 0 spiro atoms. The highest BCUT2D eigenvalue weighted by atomic mass is 31.2. The Bertz CT molecular complexity index is 295. The van der Waals surface area contributed by atoms with Crippen LogP contribution in [0.25, 0.3) is 0 Å². The molecular formula is C11H21O5P. The lowest BCUT2D eigenvalue weighted by molar-refractivity contribution is -0.134. The molecule has 0 fully saturated rings.